The molecule has 2 N–H and O–H groups in total. The zero-order chi connectivity index (χ0) is 13.9. The van der Waals surface area contributed by atoms with Gasteiger partial charge in [-0.3, -0.25) is 9.78 Å². The monoisotopic (exact) mass is 267 g/mol. The van der Waals surface area contributed by atoms with E-state index in [4.69, 9.17) is 5.73 Å². The van der Waals surface area contributed by atoms with Crippen molar-refractivity contribution in [1.29, 1.82) is 0 Å². The molecule has 2 aromatic rings. The van der Waals surface area contributed by atoms with Crippen molar-refractivity contribution in [3.05, 3.63) is 59.9 Å². The number of hydrogen-bond acceptors (Lipinski definition) is 3. The van der Waals surface area contributed by atoms with Gasteiger partial charge in [0, 0.05) is 31.0 Å². The van der Waals surface area contributed by atoms with Crippen molar-refractivity contribution >= 4 is 11.6 Å². The van der Waals surface area contributed by atoms with Crippen molar-refractivity contribution in [2.24, 2.45) is 0 Å². The molecule has 1 aromatic carbocycles. The van der Waals surface area contributed by atoms with Gasteiger partial charge < -0.3 is 10.6 Å². The van der Waals surface area contributed by atoms with Gasteiger partial charge in [0.05, 0.1) is 6.04 Å². The minimum Gasteiger partial charge on any atom is -0.399 e. The van der Waals surface area contributed by atoms with Crippen molar-refractivity contribution in [1.82, 2.24) is 9.88 Å². The summed E-state index contributed by atoms with van der Waals surface area (Å²) < 4.78 is 0. The van der Waals surface area contributed by atoms with Crippen molar-refractivity contribution < 1.29 is 4.79 Å². The number of anilines is 1. The molecule has 3 rings (SSSR count). The second-order valence-corrected chi connectivity index (χ2v) is 5.10. The van der Waals surface area contributed by atoms with E-state index in [0.717, 1.165) is 23.2 Å². The van der Waals surface area contributed by atoms with E-state index >= 15 is 0 Å². The van der Waals surface area contributed by atoms with E-state index in [9.17, 15) is 4.79 Å². The predicted octanol–water partition coefficient (Wildman–Crippen LogP) is 2.53. The number of nitrogens with two attached hydrogens (primary N) is 1. The summed E-state index contributed by atoms with van der Waals surface area (Å²) in [5.74, 6) is 0.204. The summed E-state index contributed by atoms with van der Waals surface area (Å²) in [5, 5.41) is 0. The maximum absolute atomic E-state index is 12.1. The first kappa shape index (κ1) is 12.7. The van der Waals surface area contributed by atoms with Crippen LogP contribution in [0.2, 0.25) is 0 Å². The molecule has 1 aliphatic heterocycles. The number of nitrogens with zero attached hydrogens (tertiary/aromatic N) is 2. The standard InChI is InChI=1S/C16H17N3O/c17-14-5-3-12(4-6-14)11-19-15(7-8-16(19)20)13-2-1-9-18-10-13/h1-6,9-10,15H,7-8,11,17H2. The smallest absolute Gasteiger partial charge is 0.223 e. The fourth-order valence-corrected chi connectivity index (χ4v) is 2.67. The van der Waals surface area contributed by atoms with Gasteiger partial charge in [0.15, 0.2) is 0 Å². The lowest BCUT2D eigenvalue weighted by molar-refractivity contribution is -0.129. The molecule has 1 saturated heterocycles. The number of nitrogen functional groups attached to an aromatic ring is 1. The van der Waals surface area contributed by atoms with Crippen molar-refractivity contribution in [3.63, 3.8) is 0 Å². The van der Waals surface area contributed by atoms with Crippen LogP contribution in [0.1, 0.15) is 30.0 Å². The highest BCUT2D eigenvalue weighted by molar-refractivity contribution is 5.79. The minimum atomic E-state index is 0.133. The summed E-state index contributed by atoms with van der Waals surface area (Å²) in [4.78, 5) is 18.2. The van der Waals surface area contributed by atoms with Crippen molar-refractivity contribution in [3.8, 4) is 0 Å². The average molecular weight is 267 g/mol. The summed E-state index contributed by atoms with van der Waals surface area (Å²) in [5.41, 5.74) is 8.64. The molecule has 0 aliphatic carbocycles. The summed E-state index contributed by atoms with van der Waals surface area (Å²) in [6.45, 7) is 0.624. The Morgan fingerprint density at radius 2 is 2.05 bits per heavy atom. The first-order chi connectivity index (χ1) is 9.74. The molecule has 1 fully saturated rings. The molecule has 1 atom stereocenters. The van der Waals surface area contributed by atoms with Crippen molar-refractivity contribution in [2.45, 2.75) is 25.4 Å². The van der Waals surface area contributed by atoms with Crippen LogP contribution in [0.15, 0.2) is 48.8 Å². The molecule has 2 heterocycles. The molecule has 1 amide bonds. The van der Waals surface area contributed by atoms with Crippen LogP contribution in [0, 0.1) is 0 Å². The van der Waals surface area contributed by atoms with E-state index in [1.54, 1.807) is 6.20 Å². The van der Waals surface area contributed by atoms with Crippen LogP contribution < -0.4 is 5.73 Å². The third kappa shape index (κ3) is 2.50. The number of benzene rings is 1. The number of carbonyl (C=O) groups excluding carboxylic acids is 1. The molecular weight excluding hydrogens is 250 g/mol. The Balaban J connectivity index is 1.82. The van der Waals surface area contributed by atoms with Crippen LogP contribution in [-0.2, 0) is 11.3 Å². The van der Waals surface area contributed by atoms with Gasteiger partial charge in [-0.05, 0) is 35.7 Å². The quantitative estimate of drug-likeness (QED) is 0.869. The minimum absolute atomic E-state index is 0.133. The number of amides is 1. The molecule has 0 spiro atoms. The van der Waals surface area contributed by atoms with Gasteiger partial charge in [-0.25, -0.2) is 0 Å². The Kier molecular flexibility index (Phi) is 3.37. The fraction of sp³-hybridized carbons (Fsp3) is 0.250. The Morgan fingerprint density at radius 3 is 2.75 bits per heavy atom. The summed E-state index contributed by atoms with van der Waals surface area (Å²) in [6.07, 6.45) is 5.07. The Morgan fingerprint density at radius 1 is 1.25 bits per heavy atom. The molecule has 0 radical (unpaired) electrons. The lowest BCUT2D eigenvalue weighted by atomic mass is 10.1. The highest BCUT2D eigenvalue weighted by atomic mass is 16.2. The Hall–Kier alpha value is -2.36. The molecule has 102 valence electrons. The average Bonchev–Trinajstić information content (AvgIpc) is 2.84. The highest BCUT2D eigenvalue weighted by Gasteiger charge is 2.31. The van der Waals surface area contributed by atoms with E-state index in [0.29, 0.717) is 13.0 Å². The zero-order valence-corrected chi connectivity index (χ0v) is 11.2. The highest BCUT2D eigenvalue weighted by Crippen LogP contribution is 2.33. The molecule has 1 aliphatic rings. The lowest BCUT2D eigenvalue weighted by Gasteiger charge is -2.25. The lowest BCUT2D eigenvalue weighted by Crippen LogP contribution is -2.27. The molecule has 4 nitrogen and oxygen atoms in total. The normalized spacial score (nSPS) is 18.5. The van der Waals surface area contributed by atoms with Gasteiger partial charge in [-0.2, -0.15) is 0 Å². The molecule has 1 aromatic heterocycles. The number of aromatic nitrogens is 1. The largest absolute Gasteiger partial charge is 0.399 e. The van der Waals surface area contributed by atoms with Crippen LogP contribution in [0.5, 0.6) is 0 Å². The van der Waals surface area contributed by atoms with Gasteiger partial charge in [0.1, 0.15) is 0 Å². The number of hydrogen-bond donors (Lipinski definition) is 1. The summed E-state index contributed by atoms with van der Waals surface area (Å²) >= 11 is 0. The van der Waals surface area contributed by atoms with E-state index in [1.165, 1.54) is 0 Å². The fourth-order valence-electron chi connectivity index (χ4n) is 2.67. The first-order valence-corrected chi connectivity index (χ1v) is 6.78. The molecule has 4 heteroatoms. The third-order valence-electron chi connectivity index (χ3n) is 3.73. The second-order valence-electron chi connectivity index (χ2n) is 5.10. The number of rotatable bonds is 3. The SMILES string of the molecule is Nc1ccc(CN2C(=O)CCC2c2cccnc2)cc1. The van der Waals surface area contributed by atoms with Gasteiger partial charge in [0.25, 0.3) is 0 Å². The maximum atomic E-state index is 12.1. The molecule has 0 saturated carbocycles. The van der Waals surface area contributed by atoms with Crippen LogP contribution in [0.3, 0.4) is 0 Å². The van der Waals surface area contributed by atoms with Crippen LogP contribution in [-0.4, -0.2) is 15.8 Å². The molecule has 0 bridgehead atoms. The number of pyridine rings is 1. The van der Waals surface area contributed by atoms with Crippen molar-refractivity contribution in [2.75, 3.05) is 5.73 Å². The topological polar surface area (TPSA) is 59.2 Å². The van der Waals surface area contributed by atoms with E-state index in [1.807, 2.05) is 47.5 Å². The Bertz CT molecular complexity index is 595. The van der Waals surface area contributed by atoms with E-state index in [-0.39, 0.29) is 11.9 Å². The third-order valence-corrected chi connectivity index (χ3v) is 3.73. The van der Waals surface area contributed by atoms with Gasteiger partial charge in [0.2, 0.25) is 5.91 Å². The Labute approximate surface area is 118 Å². The number of carbonyl (C=O) groups is 1. The van der Waals surface area contributed by atoms with Gasteiger partial charge in [-0.1, -0.05) is 18.2 Å². The molecular formula is C16H17N3O. The van der Waals surface area contributed by atoms with E-state index < -0.39 is 0 Å². The van der Waals surface area contributed by atoms with E-state index in [2.05, 4.69) is 4.98 Å². The maximum Gasteiger partial charge on any atom is 0.223 e. The summed E-state index contributed by atoms with van der Waals surface area (Å²) in [7, 11) is 0. The predicted molar refractivity (Wildman–Crippen MR) is 77.6 cm³/mol. The number of likely N-dealkylation sites (tertiary alicyclic amines) is 1. The second kappa shape index (κ2) is 5.33. The summed E-state index contributed by atoms with van der Waals surface area (Å²) in [6, 6.07) is 11.8. The molecule has 1 unspecified atom stereocenters. The van der Waals surface area contributed by atoms with Gasteiger partial charge in [-0.15, -0.1) is 0 Å². The van der Waals surface area contributed by atoms with Crippen LogP contribution in [0.25, 0.3) is 0 Å². The van der Waals surface area contributed by atoms with Crippen LogP contribution in [0.4, 0.5) is 5.69 Å². The van der Waals surface area contributed by atoms with Gasteiger partial charge >= 0.3 is 0 Å². The first-order valence-electron chi connectivity index (χ1n) is 6.78. The zero-order valence-electron chi connectivity index (χ0n) is 11.2. The molecule has 20 heavy (non-hydrogen) atoms. The van der Waals surface area contributed by atoms with Crippen LogP contribution >= 0.6 is 0 Å².